The summed E-state index contributed by atoms with van der Waals surface area (Å²) in [7, 11) is 0. The molecule has 0 aliphatic carbocycles. The molecule has 4 N–H and O–H groups in total. The highest BCUT2D eigenvalue weighted by molar-refractivity contribution is 9.11. The molecule has 48 valence electrons. The molecule has 0 spiro atoms. The third kappa shape index (κ3) is 3.15. The largest absolute Gasteiger partial charge is 0.392 e. The van der Waals surface area contributed by atoms with Crippen molar-refractivity contribution in [1.82, 2.24) is 0 Å². The number of aliphatic hydroxyl groups excluding tert-OH is 1. The lowest BCUT2D eigenvalue weighted by Crippen LogP contribution is -2.40. The van der Waals surface area contributed by atoms with Crippen LogP contribution in [0.3, 0.4) is 0 Å². The SMILES string of the molecule is NC(O)(C=CBr)CO. The maximum Gasteiger partial charge on any atom is 0.156 e. The molecule has 0 aliphatic rings. The average molecular weight is 182 g/mol. The number of rotatable bonds is 2. The van der Waals surface area contributed by atoms with Crippen molar-refractivity contribution in [3.8, 4) is 0 Å². The second kappa shape index (κ2) is 3.19. The van der Waals surface area contributed by atoms with Gasteiger partial charge in [-0.2, -0.15) is 0 Å². The van der Waals surface area contributed by atoms with E-state index in [4.69, 9.17) is 15.9 Å². The van der Waals surface area contributed by atoms with Gasteiger partial charge in [-0.3, -0.25) is 5.73 Å². The van der Waals surface area contributed by atoms with Gasteiger partial charge in [-0.1, -0.05) is 15.9 Å². The Morgan fingerprint density at radius 3 is 2.38 bits per heavy atom. The van der Waals surface area contributed by atoms with Gasteiger partial charge in [0.2, 0.25) is 0 Å². The molecular formula is C4H8BrNO2. The Kier molecular flexibility index (Phi) is 3.23. The molecule has 3 nitrogen and oxygen atoms in total. The molecule has 8 heavy (non-hydrogen) atoms. The maximum absolute atomic E-state index is 8.73. The van der Waals surface area contributed by atoms with Crippen LogP contribution in [0, 0.1) is 0 Å². The summed E-state index contributed by atoms with van der Waals surface area (Å²) in [6.45, 7) is -0.477. The second-order valence-electron chi connectivity index (χ2n) is 1.44. The summed E-state index contributed by atoms with van der Waals surface area (Å²) >= 11 is 2.89. The first-order valence-corrected chi connectivity index (χ1v) is 2.94. The zero-order chi connectivity index (χ0) is 6.62. The smallest absolute Gasteiger partial charge is 0.156 e. The fourth-order valence-electron chi connectivity index (χ4n) is 0.162. The van der Waals surface area contributed by atoms with Gasteiger partial charge in [0.15, 0.2) is 5.72 Å². The lowest BCUT2D eigenvalue weighted by molar-refractivity contribution is 0.0332. The van der Waals surface area contributed by atoms with Crippen molar-refractivity contribution in [1.29, 1.82) is 0 Å². The minimum atomic E-state index is -1.58. The third-order valence-electron chi connectivity index (χ3n) is 0.605. The molecule has 0 aromatic heterocycles. The van der Waals surface area contributed by atoms with Crippen LogP contribution in [0.2, 0.25) is 0 Å². The zero-order valence-electron chi connectivity index (χ0n) is 4.21. The number of halogens is 1. The van der Waals surface area contributed by atoms with Gasteiger partial charge < -0.3 is 10.2 Å². The number of hydrogen-bond donors (Lipinski definition) is 3. The molecule has 1 unspecified atom stereocenters. The first kappa shape index (κ1) is 8.10. The van der Waals surface area contributed by atoms with E-state index >= 15 is 0 Å². The highest BCUT2D eigenvalue weighted by Gasteiger charge is 2.12. The standard InChI is InChI=1S/C4H8BrNO2/c5-2-1-4(6,8)3-7/h1-2,7-8H,3,6H2. The second-order valence-corrected chi connectivity index (χ2v) is 1.97. The van der Waals surface area contributed by atoms with E-state index in [-0.39, 0.29) is 0 Å². The van der Waals surface area contributed by atoms with Crippen LogP contribution in [0.5, 0.6) is 0 Å². The Bertz CT molecular complexity index is 92.0. The zero-order valence-corrected chi connectivity index (χ0v) is 5.80. The molecule has 0 saturated heterocycles. The molecule has 4 heteroatoms. The van der Waals surface area contributed by atoms with Crippen molar-refractivity contribution in [2.24, 2.45) is 5.73 Å². The molecule has 0 aromatic carbocycles. The minimum Gasteiger partial charge on any atom is -0.392 e. The average Bonchev–Trinajstić information content (AvgIpc) is 1.67. The molecule has 1 atom stereocenters. The number of nitrogens with two attached hydrogens (primary N) is 1. The summed E-state index contributed by atoms with van der Waals surface area (Å²) < 4.78 is 0. The van der Waals surface area contributed by atoms with Gasteiger partial charge in [-0.15, -0.1) is 0 Å². The molecular weight excluding hydrogens is 174 g/mol. The van der Waals surface area contributed by atoms with Crippen LogP contribution in [-0.4, -0.2) is 22.5 Å². The van der Waals surface area contributed by atoms with Gasteiger partial charge in [0.1, 0.15) is 0 Å². The molecule has 0 saturated carbocycles. The van der Waals surface area contributed by atoms with E-state index in [9.17, 15) is 0 Å². The summed E-state index contributed by atoms with van der Waals surface area (Å²) in [5, 5.41) is 17.0. The van der Waals surface area contributed by atoms with Crippen LogP contribution in [0.4, 0.5) is 0 Å². The summed E-state index contributed by atoms with van der Waals surface area (Å²) in [4.78, 5) is 1.39. The molecule has 0 amide bonds. The van der Waals surface area contributed by atoms with E-state index in [1.807, 2.05) is 0 Å². The van der Waals surface area contributed by atoms with Crippen molar-refractivity contribution >= 4 is 15.9 Å². The van der Waals surface area contributed by atoms with E-state index in [0.29, 0.717) is 0 Å². The van der Waals surface area contributed by atoms with Gasteiger partial charge in [0, 0.05) is 0 Å². The van der Waals surface area contributed by atoms with E-state index in [1.54, 1.807) is 0 Å². The predicted molar refractivity (Wildman–Crippen MR) is 34.3 cm³/mol. The van der Waals surface area contributed by atoms with Gasteiger partial charge in [-0.05, 0) is 11.1 Å². The summed E-state index contributed by atoms with van der Waals surface area (Å²) in [6.07, 6.45) is 1.24. The molecule has 0 bridgehead atoms. The Morgan fingerprint density at radius 1 is 1.75 bits per heavy atom. The Hall–Kier alpha value is 0.1000. The van der Waals surface area contributed by atoms with Gasteiger partial charge in [0.05, 0.1) is 6.61 Å². The quantitative estimate of drug-likeness (QED) is 0.506. The van der Waals surface area contributed by atoms with Crippen LogP contribution in [0.25, 0.3) is 0 Å². The molecule has 0 rings (SSSR count). The molecule has 0 heterocycles. The van der Waals surface area contributed by atoms with Gasteiger partial charge >= 0.3 is 0 Å². The Labute approximate surface area is 55.9 Å². The Morgan fingerprint density at radius 2 is 2.25 bits per heavy atom. The first-order valence-electron chi connectivity index (χ1n) is 2.02. The lowest BCUT2D eigenvalue weighted by Gasteiger charge is -2.13. The topological polar surface area (TPSA) is 66.5 Å². The van der Waals surface area contributed by atoms with Crippen LogP contribution in [0.15, 0.2) is 11.1 Å². The van der Waals surface area contributed by atoms with Crippen LogP contribution in [-0.2, 0) is 0 Å². The van der Waals surface area contributed by atoms with Gasteiger partial charge in [0.25, 0.3) is 0 Å². The minimum absolute atomic E-state index is 0.477. The van der Waals surface area contributed by atoms with Crippen LogP contribution in [0.1, 0.15) is 0 Å². The third-order valence-corrected chi connectivity index (χ3v) is 0.869. The number of hydrogen-bond acceptors (Lipinski definition) is 3. The Balaban J connectivity index is 3.71. The van der Waals surface area contributed by atoms with E-state index < -0.39 is 12.3 Å². The normalized spacial score (nSPS) is 19.0. The van der Waals surface area contributed by atoms with E-state index in [1.165, 1.54) is 11.1 Å². The lowest BCUT2D eigenvalue weighted by atomic mass is 10.3. The van der Waals surface area contributed by atoms with Crippen LogP contribution >= 0.6 is 15.9 Å². The predicted octanol–water partition coefficient (Wildman–Crippen LogP) is -0.465. The molecule has 0 aliphatic heterocycles. The van der Waals surface area contributed by atoms with Crippen molar-refractivity contribution in [3.63, 3.8) is 0 Å². The van der Waals surface area contributed by atoms with Crippen molar-refractivity contribution in [3.05, 3.63) is 11.1 Å². The van der Waals surface area contributed by atoms with Crippen molar-refractivity contribution in [2.45, 2.75) is 5.72 Å². The molecule has 0 radical (unpaired) electrons. The fourth-order valence-corrected chi connectivity index (χ4v) is 0.620. The first-order chi connectivity index (χ1) is 3.62. The van der Waals surface area contributed by atoms with Crippen LogP contribution < -0.4 is 5.73 Å². The molecule has 0 aromatic rings. The fraction of sp³-hybridized carbons (Fsp3) is 0.500. The van der Waals surface area contributed by atoms with Crippen molar-refractivity contribution < 1.29 is 10.2 Å². The van der Waals surface area contributed by atoms with Crippen molar-refractivity contribution in [2.75, 3.05) is 6.61 Å². The summed E-state index contributed by atoms with van der Waals surface area (Å²) in [6, 6.07) is 0. The van der Waals surface area contributed by atoms with Gasteiger partial charge in [-0.25, -0.2) is 0 Å². The number of aliphatic hydroxyl groups is 2. The van der Waals surface area contributed by atoms with E-state index in [0.717, 1.165) is 0 Å². The highest BCUT2D eigenvalue weighted by atomic mass is 79.9. The van der Waals surface area contributed by atoms with E-state index in [2.05, 4.69) is 15.9 Å². The maximum atomic E-state index is 8.73. The highest BCUT2D eigenvalue weighted by Crippen LogP contribution is 1.96. The monoisotopic (exact) mass is 181 g/mol. The summed E-state index contributed by atoms with van der Waals surface area (Å²) in [5.74, 6) is 0. The molecule has 0 fully saturated rings. The summed E-state index contributed by atoms with van der Waals surface area (Å²) in [5.41, 5.74) is 3.44.